The molecule has 0 saturated carbocycles. The van der Waals surface area contributed by atoms with Crippen LogP contribution < -0.4 is 10.2 Å². The van der Waals surface area contributed by atoms with Crippen molar-refractivity contribution in [2.45, 2.75) is 31.8 Å². The van der Waals surface area contributed by atoms with Gasteiger partial charge in [-0.1, -0.05) is 18.2 Å². The minimum absolute atomic E-state index is 0.129. The van der Waals surface area contributed by atoms with Gasteiger partial charge >= 0.3 is 0 Å². The van der Waals surface area contributed by atoms with Crippen LogP contribution in [0.25, 0.3) is 0 Å². The van der Waals surface area contributed by atoms with Gasteiger partial charge in [0.25, 0.3) is 0 Å². The summed E-state index contributed by atoms with van der Waals surface area (Å²) in [7, 11) is -2.94. The third kappa shape index (κ3) is 2.82. The molecule has 24 heavy (non-hydrogen) atoms. The second kappa shape index (κ2) is 5.70. The Kier molecular flexibility index (Phi) is 3.64. The van der Waals surface area contributed by atoms with E-state index < -0.39 is 9.84 Å². The number of aromatic nitrogens is 3. The molecule has 4 rings (SSSR count). The highest BCUT2D eigenvalue weighted by atomic mass is 32.2. The van der Waals surface area contributed by atoms with Gasteiger partial charge in [0, 0.05) is 17.8 Å². The van der Waals surface area contributed by atoms with E-state index in [1.54, 1.807) is 6.20 Å². The van der Waals surface area contributed by atoms with E-state index in [1.807, 2.05) is 12.1 Å². The Bertz CT molecular complexity index is 870. The molecule has 1 N–H and O–H groups in total. The second-order valence-corrected chi connectivity index (χ2v) is 8.66. The molecule has 1 aromatic carbocycles. The lowest BCUT2D eigenvalue weighted by Crippen LogP contribution is -2.27. The smallest absolute Gasteiger partial charge is 0.244 e. The summed E-state index contributed by atoms with van der Waals surface area (Å²) >= 11 is 0. The van der Waals surface area contributed by atoms with E-state index in [0.717, 1.165) is 17.9 Å². The van der Waals surface area contributed by atoms with Gasteiger partial charge in [-0.3, -0.25) is 0 Å². The number of hydrogen-bond acceptors (Lipinski definition) is 7. The Hall–Kier alpha value is -2.22. The molecule has 1 fully saturated rings. The molecule has 1 aromatic heterocycles. The zero-order valence-corrected chi connectivity index (χ0v) is 14.2. The number of fused-ring (bicyclic) bond motifs is 1. The normalized spacial score (nSPS) is 24.8. The third-order valence-corrected chi connectivity index (χ3v) is 6.33. The summed E-state index contributed by atoms with van der Waals surface area (Å²) in [5, 5.41) is 11.2. The van der Waals surface area contributed by atoms with Gasteiger partial charge in [0.05, 0.1) is 17.7 Å². The first-order valence-corrected chi connectivity index (χ1v) is 9.88. The van der Waals surface area contributed by atoms with Gasteiger partial charge in [0.1, 0.15) is 0 Å². The number of hydrogen-bond donors (Lipinski definition) is 1. The summed E-state index contributed by atoms with van der Waals surface area (Å²) in [4.78, 5) is 6.72. The summed E-state index contributed by atoms with van der Waals surface area (Å²) in [6.07, 6.45) is 3.19. The van der Waals surface area contributed by atoms with Crippen LogP contribution in [0.5, 0.6) is 0 Å². The van der Waals surface area contributed by atoms with Crippen molar-refractivity contribution in [3.63, 3.8) is 0 Å². The highest BCUT2D eigenvalue weighted by molar-refractivity contribution is 7.91. The first-order valence-electron chi connectivity index (χ1n) is 8.06. The molecule has 0 amide bonds. The van der Waals surface area contributed by atoms with E-state index >= 15 is 0 Å². The van der Waals surface area contributed by atoms with Gasteiger partial charge in [-0.2, -0.15) is 10.1 Å². The van der Waals surface area contributed by atoms with E-state index in [-0.39, 0.29) is 17.5 Å². The number of para-hydroxylation sites is 1. The minimum atomic E-state index is -2.94. The van der Waals surface area contributed by atoms with Gasteiger partial charge in [-0.25, -0.2) is 8.42 Å². The molecule has 0 radical (unpaired) electrons. The Morgan fingerprint density at radius 3 is 2.92 bits per heavy atom. The summed E-state index contributed by atoms with van der Waals surface area (Å²) in [5.41, 5.74) is 2.43. The molecule has 126 valence electrons. The fourth-order valence-electron chi connectivity index (χ4n) is 3.48. The van der Waals surface area contributed by atoms with Crippen LogP contribution in [-0.4, -0.2) is 47.2 Å². The first kappa shape index (κ1) is 15.3. The fourth-order valence-corrected chi connectivity index (χ4v) is 5.15. The monoisotopic (exact) mass is 345 g/mol. The van der Waals surface area contributed by atoms with Crippen LogP contribution in [0.15, 0.2) is 30.5 Å². The lowest BCUT2D eigenvalue weighted by molar-refractivity contribution is 0.602. The summed E-state index contributed by atoms with van der Waals surface area (Å²) in [5.74, 6) is 1.45. The number of nitrogens with zero attached hydrogens (tertiary/aromatic N) is 4. The quantitative estimate of drug-likeness (QED) is 0.903. The number of sulfone groups is 1. The van der Waals surface area contributed by atoms with Crippen molar-refractivity contribution in [3.8, 4) is 0 Å². The SMILES string of the molecule is CC1Cc2ccccc2N1c1cnnc(NC2CCS(=O)(=O)C2)n1. The number of benzene rings is 1. The molecule has 7 nitrogen and oxygen atoms in total. The van der Waals surface area contributed by atoms with Crippen LogP contribution in [-0.2, 0) is 16.3 Å². The maximum absolute atomic E-state index is 11.6. The van der Waals surface area contributed by atoms with E-state index in [2.05, 4.69) is 44.5 Å². The zero-order chi connectivity index (χ0) is 16.7. The van der Waals surface area contributed by atoms with Crippen molar-refractivity contribution in [1.82, 2.24) is 15.2 Å². The molecule has 0 bridgehead atoms. The van der Waals surface area contributed by atoms with Crippen molar-refractivity contribution in [2.24, 2.45) is 0 Å². The lowest BCUT2D eigenvalue weighted by atomic mass is 10.1. The molecular formula is C16H19N5O2S. The van der Waals surface area contributed by atoms with Crippen molar-refractivity contribution in [1.29, 1.82) is 0 Å². The van der Waals surface area contributed by atoms with Crippen LogP contribution in [0.2, 0.25) is 0 Å². The summed E-state index contributed by atoms with van der Waals surface area (Å²) in [6, 6.07) is 8.41. The van der Waals surface area contributed by atoms with Crippen molar-refractivity contribution >= 4 is 27.3 Å². The molecule has 2 aromatic rings. The van der Waals surface area contributed by atoms with Gasteiger partial charge < -0.3 is 10.2 Å². The van der Waals surface area contributed by atoms with Gasteiger partial charge in [-0.05, 0) is 31.4 Å². The fraction of sp³-hybridized carbons (Fsp3) is 0.438. The number of anilines is 3. The standard InChI is InChI=1S/C16H19N5O2S/c1-11-8-12-4-2-3-5-14(12)21(11)15-9-17-20-16(19-15)18-13-6-7-24(22,23)10-13/h2-5,9,11,13H,6-8,10H2,1H3,(H,18,19,20). The largest absolute Gasteiger partial charge is 0.349 e. The summed E-state index contributed by atoms with van der Waals surface area (Å²) < 4.78 is 23.2. The highest BCUT2D eigenvalue weighted by Gasteiger charge is 2.30. The molecule has 0 aliphatic carbocycles. The average Bonchev–Trinajstić information content (AvgIpc) is 3.05. The van der Waals surface area contributed by atoms with Crippen molar-refractivity contribution in [3.05, 3.63) is 36.0 Å². The zero-order valence-electron chi connectivity index (χ0n) is 13.4. The Labute approximate surface area is 141 Å². The molecular weight excluding hydrogens is 326 g/mol. The van der Waals surface area contributed by atoms with Crippen molar-refractivity contribution in [2.75, 3.05) is 21.7 Å². The van der Waals surface area contributed by atoms with Gasteiger partial charge in [0.2, 0.25) is 5.95 Å². The van der Waals surface area contributed by atoms with Crippen LogP contribution >= 0.6 is 0 Å². The van der Waals surface area contributed by atoms with Crippen LogP contribution in [0.3, 0.4) is 0 Å². The van der Waals surface area contributed by atoms with E-state index in [4.69, 9.17) is 0 Å². The first-order chi connectivity index (χ1) is 11.5. The highest BCUT2D eigenvalue weighted by Crippen LogP contribution is 2.36. The Morgan fingerprint density at radius 2 is 2.12 bits per heavy atom. The molecule has 1 saturated heterocycles. The number of rotatable bonds is 3. The van der Waals surface area contributed by atoms with E-state index in [0.29, 0.717) is 18.4 Å². The second-order valence-electron chi connectivity index (χ2n) is 6.43. The maximum atomic E-state index is 11.6. The van der Waals surface area contributed by atoms with Crippen LogP contribution in [0.1, 0.15) is 18.9 Å². The molecule has 3 heterocycles. The molecule has 2 aliphatic heterocycles. The van der Waals surface area contributed by atoms with E-state index in [1.165, 1.54) is 5.56 Å². The van der Waals surface area contributed by atoms with Crippen LogP contribution in [0.4, 0.5) is 17.5 Å². The van der Waals surface area contributed by atoms with E-state index in [9.17, 15) is 8.42 Å². The Morgan fingerprint density at radius 1 is 1.29 bits per heavy atom. The average molecular weight is 345 g/mol. The predicted molar refractivity (Wildman–Crippen MR) is 92.3 cm³/mol. The minimum Gasteiger partial charge on any atom is -0.349 e. The molecule has 0 spiro atoms. The summed E-state index contributed by atoms with van der Waals surface area (Å²) in [6.45, 7) is 2.15. The topological polar surface area (TPSA) is 88.1 Å². The van der Waals surface area contributed by atoms with Crippen molar-refractivity contribution < 1.29 is 8.42 Å². The molecule has 2 aliphatic rings. The maximum Gasteiger partial charge on any atom is 0.244 e. The number of nitrogens with one attached hydrogen (secondary N) is 1. The van der Waals surface area contributed by atoms with Gasteiger partial charge in [-0.15, -0.1) is 5.10 Å². The van der Waals surface area contributed by atoms with Crippen LogP contribution in [0, 0.1) is 0 Å². The molecule has 8 heteroatoms. The van der Waals surface area contributed by atoms with Gasteiger partial charge in [0.15, 0.2) is 15.7 Å². The molecule has 2 atom stereocenters. The third-order valence-electron chi connectivity index (χ3n) is 4.57. The predicted octanol–water partition coefficient (Wildman–Crippen LogP) is 1.55. The molecule has 2 unspecified atom stereocenters. The Balaban J connectivity index is 1.59. The lowest BCUT2D eigenvalue weighted by Gasteiger charge is -2.23.